The molecule has 102 valence electrons. The molecule has 1 N–H and O–H groups in total. The summed E-state index contributed by atoms with van der Waals surface area (Å²) in [4.78, 5) is 0. The molecular formula is C16H26BrN. The normalized spacial score (nSPS) is 10.6. The molecule has 0 saturated heterocycles. The molecule has 0 spiro atoms. The Balaban J connectivity index is 2.52. The first kappa shape index (κ1) is 15.6. The second-order valence-corrected chi connectivity index (χ2v) is 5.81. The van der Waals surface area contributed by atoms with E-state index in [1.165, 1.54) is 60.7 Å². The third-order valence-corrected chi connectivity index (χ3v) is 3.71. The molecule has 0 aromatic heterocycles. The van der Waals surface area contributed by atoms with Crippen molar-refractivity contribution in [2.75, 3.05) is 11.9 Å². The summed E-state index contributed by atoms with van der Waals surface area (Å²) < 4.78 is 1.19. The number of rotatable bonds is 9. The molecular weight excluding hydrogens is 286 g/mol. The summed E-state index contributed by atoms with van der Waals surface area (Å²) >= 11 is 3.57. The molecule has 0 radical (unpaired) electrons. The van der Waals surface area contributed by atoms with Gasteiger partial charge in [0.25, 0.3) is 0 Å². The first-order valence-corrected chi connectivity index (χ1v) is 8.09. The lowest BCUT2D eigenvalue weighted by atomic mass is 10.1. The van der Waals surface area contributed by atoms with Crippen LogP contribution in [0.4, 0.5) is 5.69 Å². The maximum Gasteiger partial charge on any atom is 0.0373 e. The Kier molecular flexibility index (Phi) is 8.15. The molecule has 1 rings (SSSR count). The Morgan fingerprint density at radius 3 is 2.44 bits per heavy atom. The van der Waals surface area contributed by atoms with E-state index in [1.807, 2.05) is 0 Å². The molecule has 0 saturated carbocycles. The van der Waals surface area contributed by atoms with Gasteiger partial charge in [-0.15, -0.1) is 0 Å². The lowest BCUT2D eigenvalue weighted by Gasteiger charge is -2.12. The van der Waals surface area contributed by atoms with Crippen LogP contribution in [0.25, 0.3) is 0 Å². The Bertz CT molecular complexity index is 336. The monoisotopic (exact) mass is 311 g/mol. The van der Waals surface area contributed by atoms with E-state index in [9.17, 15) is 0 Å². The van der Waals surface area contributed by atoms with Crippen LogP contribution in [0.15, 0.2) is 22.7 Å². The summed E-state index contributed by atoms with van der Waals surface area (Å²) in [5.74, 6) is 0. The Labute approximate surface area is 120 Å². The molecule has 0 unspecified atom stereocenters. The van der Waals surface area contributed by atoms with Gasteiger partial charge < -0.3 is 5.32 Å². The number of hydrogen-bond donors (Lipinski definition) is 1. The fraction of sp³-hybridized carbons (Fsp3) is 0.625. The standard InChI is InChI=1S/C16H26BrN/c1-3-5-7-9-14-13-15(17)10-11-16(14)18-12-8-6-4-2/h10-11,13,18H,3-9,12H2,1-2H3. The van der Waals surface area contributed by atoms with Gasteiger partial charge in [-0.25, -0.2) is 0 Å². The maximum absolute atomic E-state index is 3.58. The molecule has 1 aromatic carbocycles. The van der Waals surface area contributed by atoms with E-state index in [0.717, 1.165) is 6.54 Å². The number of nitrogens with one attached hydrogen (secondary N) is 1. The van der Waals surface area contributed by atoms with Crippen molar-refractivity contribution < 1.29 is 0 Å². The fourth-order valence-electron chi connectivity index (χ4n) is 2.11. The minimum Gasteiger partial charge on any atom is -0.385 e. The molecule has 1 nitrogen and oxygen atoms in total. The van der Waals surface area contributed by atoms with Crippen LogP contribution in [0.2, 0.25) is 0 Å². The van der Waals surface area contributed by atoms with Crippen molar-refractivity contribution in [3.8, 4) is 0 Å². The highest BCUT2D eigenvalue weighted by Gasteiger charge is 2.03. The van der Waals surface area contributed by atoms with Gasteiger partial charge in [-0.2, -0.15) is 0 Å². The topological polar surface area (TPSA) is 12.0 Å². The van der Waals surface area contributed by atoms with Gasteiger partial charge in [0.2, 0.25) is 0 Å². The number of hydrogen-bond acceptors (Lipinski definition) is 1. The van der Waals surface area contributed by atoms with Crippen LogP contribution in [-0.2, 0) is 6.42 Å². The Morgan fingerprint density at radius 1 is 1.00 bits per heavy atom. The van der Waals surface area contributed by atoms with Crippen molar-refractivity contribution in [1.29, 1.82) is 0 Å². The molecule has 0 aliphatic heterocycles. The minimum absolute atomic E-state index is 1.09. The van der Waals surface area contributed by atoms with Crippen LogP contribution in [0.3, 0.4) is 0 Å². The summed E-state index contributed by atoms with van der Waals surface area (Å²) in [5.41, 5.74) is 2.78. The predicted molar refractivity (Wildman–Crippen MR) is 85.4 cm³/mol. The quantitative estimate of drug-likeness (QED) is 0.570. The Hall–Kier alpha value is -0.500. The van der Waals surface area contributed by atoms with Crippen LogP contribution < -0.4 is 5.32 Å². The molecule has 0 bridgehead atoms. The maximum atomic E-state index is 3.58. The average molecular weight is 312 g/mol. The summed E-state index contributed by atoms with van der Waals surface area (Å²) in [5, 5.41) is 3.58. The van der Waals surface area contributed by atoms with Crippen molar-refractivity contribution in [2.24, 2.45) is 0 Å². The van der Waals surface area contributed by atoms with E-state index in [1.54, 1.807) is 0 Å². The number of aryl methyl sites for hydroxylation is 1. The zero-order chi connectivity index (χ0) is 13.2. The molecule has 0 amide bonds. The van der Waals surface area contributed by atoms with Crippen LogP contribution in [-0.4, -0.2) is 6.54 Å². The van der Waals surface area contributed by atoms with Gasteiger partial charge >= 0.3 is 0 Å². The van der Waals surface area contributed by atoms with E-state index in [2.05, 4.69) is 53.3 Å². The molecule has 2 heteroatoms. The molecule has 0 heterocycles. The molecule has 1 aromatic rings. The summed E-state index contributed by atoms with van der Waals surface area (Å²) in [6.07, 6.45) is 8.94. The summed E-state index contributed by atoms with van der Waals surface area (Å²) in [7, 11) is 0. The van der Waals surface area contributed by atoms with Crippen molar-refractivity contribution in [2.45, 2.75) is 58.8 Å². The second kappa shape index (κ2) is 9.43. The smallest absolute Gasteiger partial charge is 0.0373 e. The molecule has 0 aliphatic rings. The molecule has 0 fully saturated rings. The van der Waals surface area contributed by atoms with Crippen molar-refractivity contribution >= 4 is 21.6 Å². The molecule has 0 atom stereocenters. The molecule has 18 heavy (non-hydrogen) atoms. The summed E-state index contributed by atoms with van der Waals surface area (Å²) in [6.45, 7) is 5.59. The number of halogens is 1. The van der Waals surface area contributed by atoms with Gasteiger partial charge in [0.1, 0.15) is 0 Å². The average Bonchev–Trinajstić information content (AvgIpc) is 2.37. The van der Waals surface area contributed by atoms with E-state index in [0.29, 0.717) is 0 Å². The SMILES string of the molecule is CCCCCNc1ccc(Br)cc1CCCCC. The van der Waals surface area contributed by atoms with E-state index in [-0.39, 0.29) is 0 Å². The lowest BCUT2D eigenvalue weighted by molar-refractivity contribution is 0.715. The second-order valence-electron chi connectivity index (χ2n) is 4.89. The number of unbranched alkanes of at least 4 members (excludes halogenated alkanes) is 4. The summed E-state index contributed by atoms with van der Waals surface area (Å²) in [6, 6.07) is 6.60. The van der Waals surface area contributed by atoms with Crippen molar-refractivity contribution in [1.82, 2.24) is 0 Å². The highest BCUT2D eigenvalue weighted by atomic mass is 79.9. The van der Waals surface area contributed by atoms with Gasteiger partial charge in [0.05, 0.1) is 0 Å². The number of benzene rings is 1. The van der Waals surface area contributed by atoms with Crippen LogP contribution in [0.1, 0.15) is 57.9 Å². The predicted octanol–water partition coefficient (Wildman–Crippen LogP) is 5.78. The highest BCUT2D eigenvalue weighted by Crippen LogP contribution is 2.23. The number of anilines is 1. The van der Waals surface area contributed by atoms with Crippen molar-refractivity contribution in [3.63, 3.8) is 0 Å². The van der Waals surface area contributed by atoms with Crippen LogP contribution in [0, 0.1) is 0 Å². The van der Waals surface area contributed by atoms with Crippen LogP contribution in [0.5, 0.6) is 0 Å². The first-order chi connectivity index (χ1) is 8.77. The third kappa shape index (κ3) is 5.90. The highest BCUT2D eigenvalue weighted by molar-refractivity contribution is 9.10. The third-order valence-electron chi connectivity index (χ3n) is 3.21. The van der Waals surface area contributed by atoms with E-state index < -0.39 is 0 Å². The van der Waals surface area contributed by atoms with Crippen LogP contribution >= 0.6 is 15.9 Å². The first-order valence-electron chi connectivity index (χ1n) is 7.30. The van der Waals surface area contributed by atoms with Gasteiger partial charge in [-0.05, 0) is 43.0 Å². The van der Waals surface area contributed by atoms with Gasteiger partial charge in [-0.3, -0.25) is 0 Å². The zero-order valence-electron chi connectivity index (χ0n) is 11.8. The van der Waals surface area contributed by atoms with E-state index >= 15 is 0 Å². The Morgan fingerprint density at radius 2 is 1.72 bits per heavy atom. The van der Waals surface area contributed by atoms with E-state index in [4.69, 9.17) is 0 Å². The minimum atomic E-state index is 1.09. The molecule has 0 aliphatic carbocycles. The van der Waals surface area contributed by atoms with Gasteiger partial charge in [0, 0.05) is 16.7 Å². The zero-order valence-corrected chi connectivity index (χ0v) is 13.4. The van der Waals surface area contributed by atoms with Crippen molar-refractivity contribution in [3.05, 3.63) is 28.2 Å². The lowest BCUT2D eigenvalue weighted by Crippen LogP contribution is -2.04. The van der Waals surface area contributed by atoms with Gasteiger partial charge in [0.15, 0.2) is 0 Å². The van der Waals surface area contributed by atoms with Gasteiger partial charge in [-0.1, -0.05) is 55.5 Å². The fourth-order valence-corrected chi connectivity index (χ4v) is 2.51. The largest absolute Gasteiger partial charge is 0.385 e.